The van der Waals surface area contributed by atoms with Crippen LogP contribution in [0.15, 0.2) is 24.3 Å². The zero-order valence-electron chi connectivity index (χ0n) is 16.3. The first kappa shape index (κ1) is 21.2. The molecule has 1 N–H and O–H groups in total. The summed E-state index contributed by atoms with van der Waals surface area (Å²) in [5.74, 6) is 0.811. The van der Waals surface area contributed by atoms with Crippen molar-refractivity contribution in [2.45, 2.75) is 45.1 Å². The van der Waals surface area contributed by atoms with Gasteiger partial charge in [0.05, 0.1) is 7.11 Å². The Morgan fingerprint density at radius 1 is 1.19 bits per heavy atom. The molecule has 0 bridgehead atoms. The van der Waals surface area contributed by atoms with Crippen molar-refractivity contribution >= 4 is 10.2 Å². The average Bonchev–Trinajstić information content (AvgIpc) is 2.67. The topological polar surface area (TPSA) is 61.9 Å². The number of piperidine rings is 1. The molecule has 148 valence electrons. The molecule has 1 aliphatic rings. The lowest BCUT2D eigenvalue weighted by atomic mass is 10.0. The average molecular weight is 384 g/mol. The minimum absolute atomic E-state index is 0.0376. The van der Waals surface area contributed by atoms with Crippen LogP contribution >= 0.6 is 0 Å². The van der Waals surface area contributed by atoms with E-state index in [0.29, 0.717) is 13.1 Å². The van der Waals surface area contributed by atoms with Crippen LogP contribution in [0.4, 0.5) is 0 Å². The molecule has 6 nitrogen and oxygen atoms in total. The van der Waals surface area contributed by atoms with Crippen LogP contribution in [0.3, 0.4) is 0 Å². The van der Waals surface area contributed by atoms with Crippen LogP contribution in [0.2, 0.25) is 0 Å². The van der Waals surface area contributed by atoms with Crippen molar-refractivity contribution < 1.29 is 13.2 Å². The Morgan fingerprint density at radius 2 is 1.85 bits per heavy atom. The maximum absolute atomic E-state index is 12.5. The van der Waals surface area contributed by atoms with Gasteiger partial charge in [-0.2, -0.15) is 12.7 Å². The van der Waals surface area contributed by atoms with E-state index < -0.39 is 10.2 Å². The quantitative estimate of drug-likeness (QED) is 0.675. The Bertz CT molecular complexity index is 628. The second-order valence-electron chi connectivity index (χ2n) is 6.91. The minimum atomic E-state index is -3.46. The van der Waals surface area contributed by atoms with Gasteiger partial charge in [-0.05, 0) is 50.0 Å². The fraction of sp³-hybridized carbons (Fsp3) is 0.684. The molecule has 0 amide bonds. The van der Waals surface area contributed by atoms with E-state index in [1.165, 1.54) is 10.7 Å². The molecule has 1 unspecified atom stereocenters. The minimum Gasteiger partial charge on any atom is -0.497 e. The fourth-order valence-electron chi connectivity index (χ4n) is 3.31. The van der Waals surface area contributed by atoms with Gasteiger partial charge in [-0.3, -0.25) is 4.90 Å². The second kappa shape index (κ2) is 10.3. The van der Waals surface area contributed by atoms with Crippen LogP contribution in [0.1, 0.15) is 50.6 Å². The Kier molecular flexibility index (Phi) is 8.34. The smallest absolute Gasteiger partial charge is 0.279 e. The van der Waals surface area contributed by atoms with Crippen LogP contribution in [0.5, 0.6) is 5.75 Å². The Morgan fingerprint density at radius 3 is 2.42 bits per heavy atom. The lowest BCUT2D eigenvalue weighted by molar-refractivity contribution is 0.164. The molecule has 0 aliphatic carbocycles. The van der Waals surface area contributed by atoms with Gasteiger partial charge in [-0.15, -0.1) is 0 Å². The van der Waals surface area contributed by atoms with Gasteiger partial charge in [0.2, 0.25) is 0 Å². The molecule has 0 radical (unpaired) electrons. The number of methoxy groups -OCH3 is 1. The van der Waals surface area contributed by atoms with Crippen molar-refractivity contribution in [3.8, 4) is 5.75 Å². The molecule has 0 saturated carbocycles. The third-order valence-corrected chi connectivity index (χ3v) is 6.56. The van der Waals surface area contributed by atoms with Crippen LogP contribution in [-0.4, -0.2) is 58.0 Å². The number of hydrogen-bond donors (Lipinski definition) is 1. The predicted molar refractivity (Wildman–Crippen MR) is 106 cm³/mol. The number of nitrogens with zero attached hydrogens (tertiary/aromatic N) is 2. The largest absolute Gasteiger partial charge is 0.497 e. The molecular formula is C19H33N3O3S. The lowest BCUT2D eigenvalue weighted by Gasteiger charge is -2.35. The number of hydrogen-bond acceptors (Lipinski definition) is 4. The first-order valence-corrected chi connectivity index (χ1v) is 11.0. The number of likely N-dealkylation sites (tertiary alicyclic amines) is 1. The monoisotopic (exact) mass is 383 g/mol. The van der Waals surface area contributed by atoms with Crippen molar-refractivity contribution in [2.24, 2.45) is 0 Å². The summed E-state index contributed by atoms with van der Waals surface area (Å²) in [4.78, 5) is 2.39. The van der Waals surface area contributed by atoms with Gasteiger partial charge in [-0.1, -0.05) is 31.9 Å². The first-order valence-electron chi connectivity index (χ1n) is 9.57. The Hall–Kier alpha value is -1.15. The molecule has 1 aliphatic heterocycles. The van der Waals surface area contributed by atoms with E-state index in [2.05, 4.69) is 16.5 Å². The number of rotatable bonds is 10. The van der Waals surface area contributed by atoms with E-state index in [1.807, 2.05) is 24.3 Å². The predicted octanol–water partition coefficient (Wildman–Crippen LogP) is 2.79. The zero-order chi connectivity index (χ0) is 19.0. The third kappa shape index (κ3) is 5.94. The number of benzene rings is 1. The zero-order valence-corrected chi connectivity index (χ0v) is 17.1. The molecule has 1 aromatic rings. The van der Waals surface area contributed by atoms with Gasteiger partial charge in [-0.25, -0.2) is 4.72 Å². The van der Waals surface area contributed by atoms with Gasteiger partial charge in [0, 0.05) is 26.2 Å². The highest BCUT2D eigenvalue weighted by atomic mass is 32.2. The standard InChI is InChI=1S/C19H33N3O3S/c1-4-5-13-21(2)26(23,24)20-16-19(22-14-7-6-8-15-22)17-9-11-18(25-3)12-10-17/h9-12,19-20H,4-8,13-16H2,1-3H3. The summed E-state index contributed by atoms with van der Waals surface area (Å²) in [6, 6.07) is 7.98. The summed E-state index contributed by atoms with van der Waals surface area (Å²) < 4.78 is 34.5. The molecule has 1 fully saturated rings. The van der Waals surface area contributed by atoms with Crippen LogP contribution in [0, 0.1) is 0 Å². The summed E-state index contributed by atoms with van der Waals surface area (Å²) >= 11 is 0. The highest BCUT2D eigenvalue weighted by molar-refractivity contribution is 7.87. The van der Waals surface area contributed by atoms with Gasteiger partial charge in [0.1, 0.15) is 5.75 Å². The van der Waals surface area contributed by atoms with Crippen molar-refractivity contribution in [3.05, 3.63) is 29.8 Å². The van der Waals surface area contributed by atoms with E-state index in [4.69, 9.17) is 4.74 Å². The van der Waals surface area contributed by atoms with E-state index >= 15 is 0 Å². The SMILES string of the molecule is CCCCN(C)S(=O)(=O)NCC(c1ccc(OC)cc1)N1CCCCC1. The first-order chi connectivity index (χ1) is 12.5. The molecule has 2 rings (SSSR count). The summed E-state index contributed by atoms with van der Waals surface area (Å²) in [7, 11) is -0.165. The number of nitrogens with one attached hydrogen (secondary N) is 1. The summed E-state index contributed by atoms with van der Waals surface area (Å²) in [5, 5.41) is 0. The highest BCUT2D eigenvalue weighted by Gasteiger charge is 2.25. The third-order valence-electron chi connectivity index (χ3n) is 5.03. The highest BCUT2D eigenvalue weighted by Crippen LogP contribution is 2.26. The lowest BCUT2D eigenvalue weighted by Crippen LogP contribution is -2.44. The maximum Gasteiger partial charge on any atom is 0.279 e. The summed E-state index contributed by atoms with van der Waals surface area (Å²) in [6.07, 6.45) is 5.41. The molecule has 26 heavy (non-hydrogen) atoms. The van der Waals surface area contributed by atoms with Crippen LogP contribution < -0.4 is 9.46 Å². The van der Waals surface area contributed by atoms with E-state index in [-0.39, 0.29) is 6.04 Å². The van der Waals surface area contributed by atoms with Crippen molar-refractivity contribution in [3.63, 3.8) is 0 Å². The van der Waals surface area contributed by atoms with E-state index in [0.717, 1.165) is 50.1 Å². The van der Waals surface area contributed by atoms with Crippen molar-refractivity contribution in [1.82, 2.24) is 13.9 Å². The summed E-state index contributed by atoms with van der Waals surface area (Å²) in [5.41, 5.74) is 1.12. The van der Waals surface area contributed by atoms with Gasteiger partial charge in [0.15, 0.2) is 0 Å². The fourth-order valence-corrected chi connectivity index (χ4v) is 4.27. The molecule has 1 saturated heterocycles. The van der Waals surface area contributed by atoms with Crippen LogP contribution in [-0.2, 0) is 10.2 Å². The molecule has 1 heterocycles. The second-order valence-corrected chi connectivity index (χ2v) is 8.78. The number of ether oxygens (including phenoxy) is 1. The van der Waals surface area contributed by atoms with Crippen LogP contribution in [0.25, 0.3) is 0 Å². The molecule has 1 atom stereocenters. The molecule has 7 heteroatoms. The normalized spacial score (nSPS) is 17.4. The molecular weight excluding hydrogens is 350 g/mol. The maximum atomic E-state index is 12.5. The van der Waals surface area contributed by atoms with E-state index in [1.54, 1.807) is 14.2 Å². The van der Waals surface area contributed by atoms with Gasteiger partial charge >= 0.3 is 0 Å². The van der Waals surface area contributed by atoms with Gasteiger partial charge < -0.3 is 4.74 Å². The summed E-state index contributed by atoms with van der Waals surface area (Å²) in [6.45, 7) is 4.99. The molecule has 0 spiro atoms. The Labute approximate surface area is 158 Å². The van der Waals surface area contributed by atoms with Gasteiger partial charge in [0.25, 0.3) is 10.2 Å². The molecule has 1 aromatic carbocycles. The Balaban J connectivity index is 2.10. The van der Waals surface area contributed by atoms with E-state index in [9.17, 15) is 8.42 Å². The van der Waals surface area contributed by atoms with Crippen molar-refractivity contribution in [1.29, 1.82) is 0 Å². The van der Waals surface area contributed by atoms with Crippen molar-refractivity contribution in [2.75, 3.05) is 40.3 Å². The number of unbranched alkanes of at least 4 members (excludes halogenated alkanes) is 1. The molecule has 0 aromatic heterocycles.